The van der Waals surface area contributed by atoms with Crippen LogP contribution in [-0.2, 0) is 4.74 Å². The number of carbonyl (C=O) groups excluding carboxylic acids is 1. The number of carbonyl (C=O) groups is 1. The molecule has 2 fully saturated rings. The van der Waals surface area contributed by atoms with E-state index in [1.807, 2.05) is 4.90 Å². The zero-order valence-corrected chi connectivity index (χ0v) is 13.4. The van der Waals surface area contributed by atoms with Gasteiger partial charge in [0.2, 0.25) is 5.95 Å². The van der Waals surface area contributed by atoms with Gasteiger partial charge < -0.3 is 19.4 Å². The maximum absolute atomic E-state index is 12.5. The Kier molecular flexibility index (Phi) is 3.93. The lowest BCUT2D eigenvalue weighted by atomic mass is 9.88. The molecule has 2 aliphatic rings. The van der Waals surface area contributed by atoms with Gasteiger partial charge in [-0.15, -0.1) is 0 Å². The molecule has 1 spiro atoms. The molecule has 7 heteroatoms. The van der Waals surface area contributed by atoms with Crippen LogP contribution >= 0.6 is 0 Å². The highest BCUT2D eigenvalue weighted by molar-refractivity contribution is 5.93. The predicted octanol–water partition coefficient (Wildman–Crippen LogP) is 1.95. The first-order valence-corrected chi connectivity index (χ1v) is 8.23. The van der Waals surface area contributed by atoms with Gasteiger partial charge in [-0.2, -0.15) is 0 Å². The monoisotopic (exact) mass is 328 g/mol. The van der Waals surface area contributed by atoms with Crippen LogP contribution in [0, 0.1) is 0 Å². The molecule has 4 rings (SSSR count). The van der Waals surface area contributed by atoms with Gasteiger partial charge in [-0.1, -0.05) is 0 Å². The molecule has 2 aromatic heterocycles. The molecule has 2 aromatic rings. The standard InChI is InChI=1S/C17H20N4O3/c22-15(13-3-8-23-10-13)21-7-1-4-17(12-21)9-14(11-24-17)20-16-18-5-2-6-19-16/h2-3,5-6,8,10,14H,1,4,7,9,11-12H2,(H,18,19,20). The Balaban J connectivity index is 1.41. The van der Waals surface area contributed by atoms with E-state index < -0.39 is 0 Å². The largest absolute Gasteiger partial charge is 0.472 e. The second-order valence-corrected chi connectivity index (χ2v) is 6.45. The molecule has 126 valence electrons. The van der Waals surface area contributed by atoms with Crippen LogP contribution in [0.25, 0.3) is 0 Å². The van der Waals surface area contributed by atoms with E-state index in [4.69, 9.17) is 9.15 Å². The van der Waals surface area contributed by atoms with Gasteiger partial charge in [0.1, 0.15) is 6.26 Å². The quantitative estimate of drug-likeness (QED) is 0.927. The average molecular weight is 328 g/mol. The summed E-state index contributed by atoms with van der Waals surface area (Å²) in [5, 5.41) is 3.32. The Hall–Kier alpha value is -2.41. The summed E-state index contributed by atoms with van der Waals surface area (Å²) in [6, 6.07) is 3.66. The average Bonchev–Trinajstić information content (AvgIpc) is 3.26. The van der Waals surface area contributed by atoms with Gasteiger partial charge in [0.25, 0.3) is 5.91 Å². The molecule has 0 aliphatic carbocycles. The van der Waals surface area contributed by atoms with Crippen molar-refractivity contribution >= 4 is 11.9 Å². The van der Waals surface area contributed by atoms with Gasteiger partial charge in [0.15, 0.2) is 0 Å². The molecule has 2 aliphatic heterocycles. The number of hydrogen-bond acceptors (Lipinski definition) is 6. The Labute approximate surface area is 140 Å². The summed E-state index contributed by atoms with van der Waals surface area (Å²) in [4.78, 5) is 22.8. The highest BCUT2D eigenvalue weighted by Crippen LogP contribution is 2.36. The third-order valence-electron chi connectivity index (χ3n) is 4.70. The van der Waals surface area contributed by atoms with Crippen molar-refractivity contribution in [1.82, 2.24) is 14.9 Å². The van der Waals surface area contributed by atoms with E-state index in [-0.39, 0.29) is 17.6 Å². The summed E-state index contributed by atoms with van der Waals surface area (Å²) < 4.78 is 11.2. The maximum atomic E-state index is 12.5. The minimum Gasteiger partial charge on any atom is -0.472 e. The molecule has 0 radical (unpaired) electrons. The third kappa shape index (κ3) is 2.99. The van der Waals surface area contributed by atoms with Crippen molar-refractivity contribution in [1.29, 1.82) is 0 Å². The van der Waals surface area contributed by atoms with E-state index in [1.165, 1.54) is 12.5 Å². The Morgan fingerprint density at radius 3 is 3.04 bits per heavy atom. The number of amides is 1. The van der Waals surface area contributed by atoms with Gasteiger partial charge >= 0.3 is 0 Å². The van der Waals surface area contributed by atoms with E-state index in [1.54, 1.807) is 24.5 Å². The third-order valence-corrected chi connectivity index (χ3v) is 4.70. The van der Waals surface area contributed by atoms with E-state index in [0.717, 1.165) is 25.8 Å². The van der Waals surface area contributed by atoms with E-state index >= 15 is 0 Å². The molecule has 0 saturated carbocycles. The number of likely N-dealkylation sites (tertiary alicyclic amines) is 1. The van der Waals surface area contributed by atoms with Crippen molar-refractivity contribution < 1.29 is 13.9 Å². The van der Waals surface area contributed by atoms with Gasteiger partial charge in [-0.25, -0.2) is 9.97 Å². The SMILES string of the molecule is O=C(c1ccoc1)N1CCCC2(CC(Nc3ncccn3)CO2)C1. The van der Waals surface area contributed by atoms with Crippen LogP contribution in [0.2, 0.25) is 0 Å². The lowest BCUT2D eigenvalue weighted by Crippen LogP contribution is -2.50. The Morgan fingerprint density at radius 1 is 1.38 bits per heavy atom. The fourth-order valence-corrected chi connectivity index (χ4v) is 3.62. The lowest BCUT2D eigenvalue weighted by molar-refractivity contribution is -0.0447. The number of furan rings is 1. The van der Waals surface area contributed by atoms with Crippen molar-refractivity contribution in [2.75, 3.05) is 25.0 Å². The first kappa shape index (κ1) is 15.1. The van der Waals surface area contributed by atoms with Crippen LogP contribution in [-0.4, -0.2) is 52.1 Å². The molecule has 2 unspecified atom stereocenters. The summed E-state index contributed by atoms with van der Waals surface area (Å²) >= 11 is 0. The van der Waals surface area contributed by atoms with Crippen LogP contribution in [0.3, 0.4) is 0 Å². The molecular formula is C17H20N4O3. The molecule has 2 atom stereocenters. The number of anilines is 1. The fraction of sp³-hybridized carbons (Fsp3) is 0.471. The first-order valence-electron chi connectivity index (χ1n) is 8.23. The number of rotatable bonds is 3. The number of ether oxygens (including phenoxy) is 1. The maximum Gasteiger partial charge on any atom is 0.257 e. The summed E-state index contributed by atoms with van der Waals surface area (Å²) in [7, 11) is 0. The Morgan fingerprint density at radius 2 is 2.25 bits per heavy atom. The van der Waals surface area contributed by atoms with Crippen LogP contribution in [0.15, 0.2) is 41.5 Å². The minimum absolute atomic E-state index is 0.00854. The zero-order valence-electron chi connectivity index (χ0n) is 13.4. The van der Waals surface area contributed by atoms with E-state index in [2.05, 4.69) is 15.3 Å². The molecule has 0 aromatic carbocycles. The second-order valence-electron chi connectivity index (χ2n) is 6.45. The van der Waals surface area contributed by atoms with Crippen molar-refractivity contribution in [2.45, 2.75) is 30.9 Å². The lowest BCUT2D eigenvalue weighted by Gasteiger charge is -2.39. The van der Waals surface area contributed by atoms with Gasteiger partial charge in [0.05, 0.1) is 36.6 Å². The van der Waals surface area contributed by atoms with Gasteiger partial charge in [-0.05, 0) is 25.0 Å². The normalized spacial score (nSPS) is 26.7. The minimum atomic E-state index is -0.274. The topological polar surface area (TPSA) is 80.5 Å². The van der Waals surface area contributed by atoms with Crippen molar-refractivity contribution in [2.24, 2.45) is 0 Å². The van der Waals surface area contributed by atoms with Gasteiger partial charge in [-0.3, -0.25) is 4.79 Å². The predicted molar refractivity (Wildman–Crippen MR) is 86.6 cm³/mol. The molecule has 24 heavy (non-hydrogen) atoms. The van der Waals surface area contributed by atoms with Gasteiger partial charge in [0, 0.05) is 25.4 Å². The smallest absolute Gasteiger partial charge is 0.257 e. The first-order chi connectivity index (χ1) is 11.7. The summed E-state index contributed by atoms with van der Waals surface area (Å²) in [5.41, 5.74) is 0.321. The Bertz CT molecular complexity index is 691. The van der Waals surface area contributed by atoms with Crippen molar-refractivity contribution in [3.8, 4) is 0 Å². The fourth-order valence-electron chi connectivity index (χ4n) is 3.62. The van der Waals surface area contributed by atoms with Crippen LogP contribution in [0.1, 0.15) is 29.6 Å². The molecule has 1 amide bonds. The molecular weight excluding hydrogens is 308 g/mol. The number of nitrogens with zero attached hydrogens (tertiary/aromatic N) is 3. The van der Waals surface area contributed by atoms with E-state index in [9.17, 15) is 4.79 Å². The summed E-state index contributed by atoms with van der Waals surface area (Å²) in [6.07, 6.45) is 9.21. The molecule has 1 N–H and O–H groups in total. The number of nitrogens with one attached hydrogen (secondary N) is 1. The zero-order chi connectivity index (χ0) is 16.4. The molecule has 0 bridgehead atoms. The van der Waals surface area contributed by atoms with Crippen LogP contribution in [0.5, 0.6) is 0 Å². The second kappa shape index (κ2) is 6.24. The van der Waals surface area contributed by atoms with Crippen molar-refractivity contribution in [3.63, 3.8) is 0 Å². The number of hydrogen-bond donors (Lipinski definition) is 1. The van der Waals surface area contributed by atoms with Crippen LogP contribution < -0.4 is 5.32 Å². The van der Waals surface area contributed by atoms with E-state index in [0.29, 0.717) is 24.7 Å². The highest BCUT2D eigenvalue weighted by Gasteiger charge is 2.44. The number of aromatic nitrogens is 2. The molecule has 2 saturated heterocycles. The molecule has 4 heterocycles. The summed E-state index contributed by atoms with van der Waals surface area (Å²) in [6.45, 7) is 1.98. The molecule has 7 nitrogen and oxygen atoms in total. The van der Waals surface area contributed by atoms with Crippen LogP contribution in [0.4, 0.5) is 5.95 Å². The number of piperidine rings is 1. The summed E-state index contributed by atoms with van der Waals surface area (Å²) in [5.74, 6) is 0.625. The van der Waals surface area contributed by atoms with Crippen molar-refractivity contribution in [3.05, 3.63) is 42.6 Å². The highest BCUT2D eigenvalue weighted by atomic mass is 16.5.